The number of fused-ring (bicyclic) bond motifs is 1. The fourth-order valence-corrected chi connectivity index (χ4v) is 4.03. The lowest BCUT2D eigenvalue weighted by Crippen LogP contribution is -2.63. The summed E-state index contributed by atoms with van der Waals surface area (Å²) in [6, 6.07) is 7.27. The summed E-state index contributed by atoms with van der Waals surface area (Å²) < 4.78 is 18.8. The Balaban J connectivity index is 1.50. The van der Waals surface area contributed by atoms with E-state index in [4.69, 9.17) is 4.74 Å². The van der Waals surface area contributed by atoms with Gasteiger partial charge < -0.3 is 9.64 Å². The van der Waals surface area contributed by atoms with Gasteiger partial charge in [0.05, 0.1) is 25.8 Å². The Morgan fingerprint density at radius 2 is 2.04 bits per heavy atom. The highest BCUT2D eigenvalue weighted by atomic mass is 19.1. The molecule has 0 unspecified atom stereocenters. The van der Waals surface area contributed by atoms with Gasteiger partial charge in [-0.25, -0.2) is 4.39 Å². The predicted octanol–water partition coefficient (Wildman–Crippen LogP) is 1.97. The van der Waals surface area contributed by atoms with Crippen LogP contribution >= 0.6 is 0 Å². The molecular weight excluding hydrogens is 333 g/mol. The van der Waals surface area contributed by atoms with E-state index in [9.17, 15) is 9.18 Å². The van der Waals surface area contributed by atoms with Gasteiger partial charge in [-0.05, 0) is 31.2 Å². The Labute approximate surface area is 155 Å². The molecule has 2 aliphatic rings. The number of ether oxygens (including phenoxy) is 1. The maximum absolute atomic E-state index is 13.0. The topological polar surface area (TPSA) is 36.0 Å². The molecule has 2 saturated heterocycles. The molecule has 2 fully saturated rings. The highest BCUT2D eigenvalue weighted by Crippen LogP contribution is 2.21. The molecule has 0 spiro atoms. The Morgan fingerprint density at radius 3 is 2.77 bits per heavy atom. The Morgan fingerprint density at radius 1 is 1.27 bits per heavy atom. The Kier molecular flexibility index (Phi) is 6.62. The highest BCUT2D eigenvalue weighted by molar-refractivity contribution is 5.78. The van der Waals surface area contributed by atoms with Gasteiger partial charge in [0.2, 0.25) is 5.91 Å². The van der Waals surface area contributed by atoms with Crippen LogP contribution in [-0.2, 0) is 16.1 Å². The van der Waals surface area contributed by atoms with Gasteiger partial charge in [-0.1, -0.05) is 25.5 Å². The number of piperazine rings is 1. The summed E-state index contributed by atoms with van der Waals surface area (Å²) in [7, 11) is 1.93. The minimum Gasteiger partial charge on any atom is -0.378 e. The number of hydrogen-bond donors (Lipinski definition) is 0. The van der Waals surface area contributed by atoms with Crippen molar-refractivity contribution in [2.24, 2.45) is 0 Å². The van der Waals surface area contributed by atoms with Crippen molar-refractivity contribution in [3.05, 3.63) is 35.6 Å². The molecule has 26 heavy (non-hydrogen) atoms. The van der Waals surface area contributed by atoms with Crippen molar-refractivity contribution in [2.45, 2.75) is 38.4 Å². The van der Waals surface area contributed by atoms with Crippen molar-refractivity contribution in [3.63, 3.8) is 0 Å². The molecule has 6 heteroatoms. The third kappa shape index (κ3) is 4.81. The van der Waals surface area contributed by atoms with Gasteiger partial charge in [0, 0.05) is 32.2 Å². The lowest BCUT2D eigenvalue weighted by Gasteiger charge is -2.48. The van der Waals surface area contributed by atoms with Crippen molar-refractivity contribution in [3.8, 4) is 0 Å². The van der Waals surface area contributed by atoms with Crippen molar-refractivity contribution < 1.29 is 13.9 Å². The molecular formula is C20H30FN3O2. The molecule has 5 nitrogen and oxygen atoms in total. The molecule has 2 aliphatic heterocycles. The van der Waals surface area contributed by atoms with Crippen molar-refractivity contribution >= 4 is 5.91 Å². The molecule has 144 valence electrons. The van der Waals surface area contributed by atoms with E-state index in [0.29, 0.717) is 25.2 Å². The summed E-state index contributed by atoms with van der Waals surface area (Å²) in [5.41, 5.74) is 1.01. The molecule has 2 heterocycles. The van der Waals surface area contributed by atoms with Crippen LogP contribution in [0, 0.1) is 5.82 Å². The number of likely N-dealkylation sites (N-methyl/N-ethyl adjacent to an activating group) is 1. The molecule has 0 radical (unpaired) electrons. The first kappa shape index (κ1) is 19.3. The maximum Gasteiger partial charge on any atom is 0.236 e. The molecule has 1 aromatic rings. The predicted molar refractivity (Wildman–Crippen MR) is 99.3 cm³/mol. The largest absolute Gasteiger partial charge is 0.378 e. The van der Waals surface area contributed by atoms with Crippen LogP contribution in [0.2, 0.25) is 0 Å². The molecule has 3 rings (SSSR count). The SMILES string of the molecule is CCC[C@H]1COC[C@H]2CN(C(=O)CN(C)Cc3ccc(F)cc3)CCN12. The number of rotatable bonds is 6. The molecule has 2 atom stereocenters. The molecule has 0 aromatic heterocycles. The standard InChI is InChI=1S/C20H30FN3O2/c1-3-4-18-14-26-15-19-12-23(9-10-24(18)19)20(25)13-22(2)11-16-5-7-17(21)8-6-16/h5-8,18-19H,3-4,9-15H2,1-2H3/t18-,19+/m0/s1. The number of hydrogen-bond acceptors (Lipinski definition) is 4. The zero-order chi connectivity index (χ0) is 18.5. The van der Waals surface area contributed by atoms with Gasteiger partial charge in [-0.2, -0.15) is 0 Å². The second-order valence-corrected chi connectivity index (χ2v) is 7.51. The summed E-state index contributed by atoms with van der Waals surface area (Å²) in [5, 5.41) is 0. The van der Waals surface area contributed by atoms with E-state index < -0.39 is 0 Å². The van der Waals surface area contributed by atoms with Crippen LogP contribution in [0.15, 0.2) is 24.3 Å². The summed E-state index contributed by atoms with van der Waals surface area (Å²) in [4.78, 5) is 19.2. The molecule has 0 aliphatic carbocycles. The van der Waals surface area contributed by atoms with E-state index in [1.54, 1.807) is 12.1 Å². The average molecular weight is 363 g/mol. The summed E-state index contributed by atoms with van der Waals surface area (Å²) in [5.74, 6) is -0.0756. The maximum atomic E-state index is 13.0. The lowest BCUT2D eigenvalue weighted by atomic mass is 10.0. The summed E-state index contributed by atoms with van der Waals surface area (Å²) in [6.45, 7) is 7.24. The van der Waals surface area contributed by atoms with E-state index in [0.717, 1.165) is 51.3 Å². The van der Waals surface area contributed by atoms with E-state index >= 15 is 0 Å². The van der Waals surface area contributed by atoms with E-state index in [1.165, 1.54) is 12.1 Å². The first-order chi connectivity index (χ1) is 12.6. The zero-order valence-corrected chi connectivity index (χ0v) is 15.9. The second-order valence-electron chi connectivity index (χ2n) is 7.51. The third-order valence-electron chi connectivity index (χ3n) is 5.36. The van der Waals surface area contributed by atoms with Gasteiger partial charge in [0.25, 0.3) is 0 Å². The average Bonchev–Trinajstić information content (AvgIpc) is 2.63. The van der Waals surface area contributed by atoms with Crippen molar-refractivity contribution in [1.29, 1.82) is 0 Å². The van der Waals surface area contributed by atoms with Gasteiger partial charge in [0.1, 0.15) is 5.82 Å². The molecule has 1 amide bonds. The Bertz CT molecular complexity index is 593. The van der Waals surface area contributed by atoms with E-state index in [-0.39, 0.29) is 11.7 Å². The summed E-state index contributed by atoms with van der Waals surface area (Å²) >= 11 is 0. The van der Waals surface area contributed by atoms with Crippen LogP contribution < -0.4 is 0 Å². The van der Waals surface area contributed by atoms with Crippen molar-refractivity contribution in [1.82, 2.24) is 14.7 Å². The number of carbonyl (C=O) groups is 1. The molecule has 0 bridgehead atoms. The number of nitrogens with zero attached hydrogens (tertiary/aromatic N) is 3. The van der Waals surface area contributed by atoms with Crippen LogP contribution in [0.1, 0.15) is 25.3 Å². The lowest BCUT2D eigenvalue weighted by molar-refractivity contribution is -0.140. The normalized spacial score (nSPS) is 23.9. The van der Waals surface area contributed by atoms with Crippen LogP contribution in [0.25, 0.3) is 0 Å². The minimum absolute atomic E-state index is 0.159. The highest BCUT2D eigenvalue weighted by Gasteiger charge is 2.36. The molecule has 0 saturated carbocycles. The number of carbonyl (C=O) groups excluding carboxylic acids is 1. The van der Waals surface area contributed by atoms with Crippen LogP contribution in [0.4, 0.5) is 4.39 Å². The van der Waals surface area contributed by atoms with Gasteiger partial charge in [-0.3, -0.25) is 14.6 Å². The third-order valence-corrected chi connectivity index (χ3v) is 5.36. The van der Waals surface area contributed by atoms with E-state index in [1.807, 2.05) is 16.8 Å². The Hall–Kier alpha value is -1.50. The number of morpholine rings is 1. The van der Waals surface area contributed by atoms with Crippen LogP contribution in [0.5, 0.6) is 0 Å². The van der Waals surface area contributed by atoms with Gasteiger partial charge >= 0.3 is 0 Å². The monoisotopic (exact) mass is 363 g/mol. The first-order valence-electron chi connectivity index (χ1n) is 9.61. The molecule has 1 aromatic carbocycles. The second kappa shape index (κ2) is 8.93. The number of halogens is 1. The summed E-state index contributed by atoms with van der Waals surface area (Å²) in [6.07, 6.45) is 2.32. The van der Waals surface area contributed by atoms with Crippen LogP contribution in [-0.4, -0.2) is 79.1 Å². The first-order valence-corrected chi connectivity index (χ1v) is 9.61. The fraction of sp³-hybridized carbons (Fsp3) is 0.650. The van der Waals surface area contributed by atoms with Crippen molar-refractivity contribution in [2.75, 3.05) is 46.4 Å². The zero-order valence-electron chi connectivity index (χ0n) is 15.9. The fourth-order valence-electron chi connectivity index (χ4n) is 4.03. The number of amides is 1. The van der Waals surface area contributed by atoms with E-state index in [2.05, 4.69) is 11.8 Å². The van der Waals surface area contributed by atoms with Crippen LogP contribution in [0.3, 0.4) is 0 Å². The smallest absolute Gasteiger partial charge is 0.236 e. The minimum atomic E-state index is -0.235. The van der Waals surface area contributed by atoms with Gasteiger partial charge in [0.15, 0.2) is 0 Å². The number of benzene rings is 1. The molecule has 0 N–H and O–H groups in total. The quantitative estimate of drug-likeness (QED) is 0.774. The van der Waals surface area contributed by atoms with Gasteiger partial charge in [-0.15, -0.1) is 0 Å².